The summed E-state index contributed by atoms with van der Waals surface area (Å²) in [5.74, 6) is -0.0622. The first-order chi connectivity index (χ1) is 14.1. The molecule has 0 atom stereocenters. The van der Waals surface area contributed by atoms with Crippen LogP contribution in [0.25, 0.3) is 22.2 Å². The molecule has 4 aromatic rings. The fourth-order valence-electron chi connectivity index (χ4n) is 3.55. The first-order valence-corrected chi connectivity index (χ1v) is 9.81. The van der Waals surface area contributed by atoms with Gasteiger partial charge in [0.05, 0.1) is 5.69 Å². The normalized spacial score (nSPS) is 11.0. The maximum atomic E-state index is 12.4. The van der Waals surface area contributed by atoms with E-state index >= 15 is 0 Å². The molecule has 0 saturated carbocycles. The molecule has 4 rings (SSSR count). The van der Waals surface area contributed by atoms with E-state index in [2.05, 4.69) is 58.7 Å². The summed E-state index contributed by atoms with van der Waals surface area (Å²) in [5.41, 5.74) is 6.25. The van der Waals surface area contributed by atoms with Crippen molar-refractivity contribution in [1.82, 2.24) is 20.1 Å². The van der Waals surface area contributed by atoms with Gasteiger partial charge in [-0.25, -0.2) is 9.67 Å². The number of benzene rings is 2. The van der Waals surface area contributed by atoms with Crippen LogP contribution in [0, 0.1) is 13.8 Å². The van der Waals surface area contributed by atoms with E-state index in [-0.39, 0.29) is 12.5 Å². The highest BCUT2D eigenvalue weighted by atomic mass is 16.2. The molecule has 0 aliphatic heterocycles. The minimum Gasteiger partial charge on any atom is -0.354 e. The Morgan fingerprint density at radius 1 is 1.00 bits per heavy atom. The molecule has 2 heterocycles. The molecule has 1 N–H and O–H groups in total. The van der Waals surface area contributed by atoms with E-state index in [1.807, 2.05) is 31.2 Å². The van der Waals surface area contributed by atoms with Crippen LogP contribution in [-0.4, -0.2) is 27.2 Å². The molecule has 2 aromatic carbocycles. The summed E-state index contributed by atoms with van der Waals surface area (Å²) >= 11 is 0. The lowest BCUT2D eigenvalue weighted by molar-refractivity contribution is -0.121. The Labute approximate surface area is 170 Å². The maximum absolute atomic E-state index is 12.4. The molecule has 0 radical (unpaired) electrons. The summed E-state index contributed by atoms with van der Waals surface area (Å²) in [5, 5.41) is 8.57. The standard InChI is InChI=1S/C24H24N4O/c1-17-8-10-20(11-9-17)21-13-15-26-24-23(21)18(2)27-28(24)16-22(29)25-14-12-19-6-4-3-5-7-19/h3-11,13,15H,12,14,16H2,1-2H3,(H,25,29). The third-order valence-corrected chi connectivity index (χ3v) is 5.04. The number of aryl methyl sites for hydroxylation is 2. The number of carbonyl (C=O) groups excluding carboxylic acids is 1. The van der Waals surface area contributed by atoms with Crippen LogP contribution in [0.1, 0.15) is 16.8 Å². The number of nitrogens with one attached hydrogen (secondary N) is 1. The van der Waals surface area contributed by atoms with E-state index in [1.165, 1.54) is 11.1 Å². The van der Waals surface area contributed by atoms with Crippen molar-refractivity contribution >= 4 is 16.9 Å². The van der Waals surface area contributed by atoms with Crippen molar-refractivity contribution in [3.63, 3.8) is 0 Å². The highest BCUT2D eigenvalue weighted by Crippen LogP contribution is 2.29. The third kappa shape index (κ3) is 4.19. The Kier molecular flexibility index (Phi) is 5.38. The van der Waals surface area contributed by atoms with Gasteiger partial charge in [0.25, 0.3) is 0 Å². The topological polar surface area (TPSA) is 59.8 Å². The molecule has 0 spiro atoms. The van der Waals surface area contributed by atoms with E-state index in [0.29, 0.717) is 6.54 Å². The van der Waals surface area contributed by atoms with Gasteiger partial charge in [-0.2, -0.15) is 5.10 Å². The van der Waals surface area contributed by atoms with Crippen molar-refractivity contribution < 1.29 is 4.79 Å². The van der Waals surface area contributed by atoms with Crippen LogP contribution in [0.15, 0.2) is 66.9 Å². The zero-order valence-electron chi connectivity index (χ0n) is 16.7. The Balaban J connectivity index is 1.52. The Morgan fingerprint density at radius 2 is 1.76 bits per heavy atom. The Hall–Kier alpha value is -3.47. The zero-order valence-corrected chi connectivity index (χ0v) is 16.7. The summed E-state index contributed by atoms with van der Waals surface area (Å²) in [4.78, 5) is 17.0. The molecule has 0 aliphatic carbocycles. The quantitative estimate of drug-likeness (QED) is 0.545. The van der Waals surface area contributed by atoms with Crippen LogP contribution in [0.3, 0.4) is 0 Å². The lowest BCUT2D eigenvalue weighted by Crippen LogP contribution is -2.29. The number of aromatic nitrogens is 3. The number of hydrogen-bond donors (Lipinski definition) is 1. The highest BCUT2D eigenvalue weighted by Gasteiger charge is 2.15. The number of pyridine rings is 1. The summed E-state index contributed by atoms with van der Waals surface area (Å²) < 4.78 is 1.69. The number of fused-ring (bicyclic) bond motifs is 1. The van der Waals surface area contributed by atoms with Gasteiger partial charge in [-0.05, 0) is 43.0 Å². The van der Waals surface area contributed by atoms with Crippen molar-refractivity contribution in [3.05, 3.63) is 83.7 Å². The smallest absolute Gasteiger partial charge is 0.241 e. The molecular formula is C24H24N4O. The van der Waals surface area contributed by atoms with Gasteiger partial charge in [-0.1, -0.05) is 60.2 Å². The number of carbonyl (C=O) groups is 1. The van der Waals surface area contributed by atoms with E-state index in [9.17, 15) is 4.79 Å². The van der Waals surface area contributed by atoms with E-state index in [4.69, 9.17) is 0 Å². The highest BCUT2D eigenvalue weighted by molar-refractivity contribution is 5.95. The van der Waals surface area contributed by atoms with Crippen LogP contribution in [0.5, 0.6) is 0 Å². The maximum Gasteiger partial charge on any atom is 0.241 e. The molecule has 5 nitrogen and oxygen atoms in total. The molecule has 146 valence electrons. The number of nitrogens with zero attached hydrogens (tertiary/aromatic N) is 3. The minimum absolute atomic E-state index is 0.0622. The van der Waals surface area contributed by atoms with Gasteiger partial charge in [0, 0.05) is 18.1 Å². The van der Waals surface area contributed by atoms with Gasteiger partial charge >= 0.3 is 0 Å². The minimum atomic E-state index is -0.0622. The lowest BCUT2D eigenvalue weighted by Gasteiger charge is -2.07. The van der Waals surface area contributed by atoms with Gasteiger partial charge in [0.1, 0.15) is 6.54 Å². The van der Waals surface area contributed by atoms with Crippen LogP contribution in [-0.2, 0) is 17.8 Å². The molecule has 0 fully saturated rings. The van der Waals surface area contributed by atoms with Gasteiger partial charge in [-0.3, -0.25) is 4.79 Å². The van der Waals surface area contributed by atoms with Gasteiger partial charge in [0.15, 0.2) is 5.65 Å². The van der Waals surface area contributed by atoms with E-state index in [1.54, 1.807) is 10.9 Å². The van der Waals surface area contributed by atoms with Crippen molar-refractivity contribution in [1.29, 1.82) is 0 Å². The van der Waals surface area contributed by atoms with Crippen LogP contribution < -0.4 is 5.32 Å². The average molecular weight is 384 g/mol. The first kappa shape index (κ1) is 18.9. The second kappa shape index (κ2) is 8.27. The molecular weight excluding hydrogens is 360 g/mol. The number of rotatable bonds is 6. The fraction of sp³-hybridized carbons (Fsp3) is 0.208. The number of hydrogen-bond acceptors (Lipinski definition) is 3. The molecule has 0 unspecified atom stereocenters. The van der Waals surface area contributed by atoms with Gasteiger partial charge < -0.3 is 5.32 Å². The molecule has 2 aromatic heterocycles. The summed E-state index contributed by atoms with van der Waals surface area (Å²) in [6, 6.07) is 20.6. The monoisotopic (exact) mass is 384 g/mol. The predicted molar refractivity (Wildman–Crippen MR) is 116 cm³/mol. The fourth-order valence-corrected chi connectivity index (χ4v) is 3.55. The molecule has 1 amide bonds. The summed E-state index contributed by atoms with van der Waals surface area (Å²) in [7, 11) is 0. The zero-order chi connectivity index (χ0) is 20.2. The molecule has 29 heavy (non-hydrogen) atoms. The lowest BCUT2D eigenvalue weighted by atomic mass is 10.0. The molecule has 5 heteroatoms. The summed E-state index contributed by atoms with van der Waals surface area (Å²) in [6.07, 6.45) is 2.59. The predicted octanol–water partition coefficient (Wildman–Crippen LogP) is 4.07. The second-order valence-corrected chi connectivity index (χ2v) is 7.25. The van der Waals surface area contributed by atoms with Crippen molar-refractivity contribution in [2.45, 2.75) is 26.8 Å². The summed E-state index contributed by atoms with van der Waals surface area (Å²) in [6.45, 7) is 4.80. The van der Waals surface area contributed by atoms with Crippen molar-refractivity contribution in [2.75, 3.05) is 6.54 Å². The molecule has 0 aliphatic rings. The average Bonchev–Trinajstić information content (AvgIpc) is 3.05. The largest absolute Gasteiger partial charge is 0.354 e. The van der Waals surface area contributed by atoms with Crippen LogP contribution in [0.4, 0.5) is 0 Å². The first-order valence-electron chi connectivity index (χ1n) is 9.81. The second-order valence-electron chi connectivity index (χ2n) is 7.25. The molecule has 0 bridgehead atoms. The molecule has 0 saturated heterocycles. The Bertz CT molecular complexity index is 1130. The number of amides is 1. The van der Waals surface area contributed by atoms with Crippen LogP contribution >= 0.6 is 0 Å². The van der Waals surface area contributed by atoms with E-state index in [0.717, 1.165) is 34.3 Å². The van der Waals surface area contributed by atoms with Gasteiger partial charge in [0.2, 0.25) is 5.91 Å². The van der Waals surface area contributed by atoms with Crippen molar-refractivity contribution in [2.24, 2.45) is 0 Å². The SMILES string of the molecule is Cc1ccc(-c2ccnc3c2c(C)nn3CC(=O)NCCc2ccccc2)cc1. The van der Waals surface area contributed by atoms with Crippen molar-refractivity contribution in [3.8, 4) is 11.1 Å². The Morgan fingerprint density at radius 3 is 2.52 bits per heavy atom. The van der Waals surface area contributed by atoms with Gasteiger partial charge in [-0.15, -0.1) is 0 Å². The third-order valence-electron chi connectivity index (χ3n) is 5.04. The van der Waals surface area contributed by atoms with Crippen LogP contribution in [0.2, 0.25) is 0 Å². The van der Waals surface area contributed by atoms with E-state index < -0.39 is 0 Å².